The van der Waals surface area contributed by atoms with Gasteiger partial charge in [0.05, 0.1) is 19.1 Å². The van der Waals surface area contributed by atoms with Crippen molar-refractivity contribution in [1.29, 1.82) is 0 Å². The maximum atomic E-state index is 12.0. The van der Waals surface area contributed by atoms with Gasteiger partial charge in [-0.25, -0.2) is 0 Å². The normalized spacial score (nSPS) is 16.6. The number of amides is 1. The fourth-order valence-corrected chi connectivity index (χ4v) is 2.64. The predicted molar refractivity (Wildman–Crippen MR) is 93.3 cm³/mol. The van der Waals surface area contributed by atoms with E-state index < -0.39 is 0 Å². The Bertz CT molecular complexity index is 526. The molecule has 1 unspecified atom stereocenters. The second-order valence-corrected chi connectivity index (χ2v) is 6.19. The Morgan fingerprint density at radius 2 is 2.17 bits per heavy atom. The molecule has 0 radical (unpaired) electrons. The highest BCUT2D eigenvalue weighted by molar-refractivity contribution is 5.91. The number of aryl methyl sites for hydroxylation is 1. The molecule has 0 aliphatic carbocycles. The number of hydrogen-bond acceptors (Lipinski definition) is 5. The van der Waals surface area contributed by atoms with Crippen molar-refractivity contribution in [3.8, 4) is 5.75 Å². The average molecular weight is 336 g/mol. The van der Waals surface area contributed by atoms with Gasteiger partial charge >= 0.3 is 0 Å². The number of ether oxygens (including phenoxy) is 3. The number of nitrogens with two attached hydrogens (primary N) is 1. The lowest BCUT2D eigenvalue weighted by atomic mass is 10.0. The molecule has 1 aromatic carbocycles. The third-order valence-electron chi connectivity index (χ3n) is 4.30. The van der Waals surface area contributed by atoms with Crippen LogP contribution in [-0.2, 0) is 14.3 Å². The van der Waals surface area contributed by atoms with Crippen molar-refractivity contribution >= 4 is 11.6 Å². The first kappa shape index (κ1) is 18.7. The summed E-state index contributed by atoms with van der Waals surface area (Å²) in [6, 6.07) is 5.70. The summed E-state index contributed by atoms with van der Waals surface area (Å²) >= 11 is 0. The number of benzene rings is 1. The van der Waals surface area contributed by atoms with Gasteiger partial charge in [0.15, 0.2) is 0 Å². The summed E-state index contributed by atoms with van der Waals surface area (Å²) in [5, 5.41) is 2.87. The van der Waals surface area contributed by atoms with Gasteiger partial charge in [-0.3, -0.25) is 4.79 Å². The van der Waals surface area contributed by atoms with Crippen molar-refractivity contribution in [2.75, 3.05) is 38.8 Å². The van der Waals surface area contributed by atoms with Crippen molar-refractivity contribution in [1.82, 2.24) is 0 Å². The number of anilines is 1. The van der Waals surface area contributed by atoms with Gasteiger partial charge < -0.3 is 25.3 Å². The predicted octanol–water partition coefficient (Wildman–Crippen LogP) is 2.10. The molecule has 0 bridgehead atoms. The Kier molecular flexibility index (Phi) is 7.49. The quantitative estimate of drug-likeness (QED) is 0.760. The molecule has 1 atom stereocenters. The number of rotatable bonds is 8. The highest BCUT2D eigenvalue weighted by Crippen LogP contribution is 2.25. The topological polar surface area (TPSA) is 82.8 Å². The summed E-state index contributed by atoms with van der Waals surface area (Å²) < 4.78 is 16.5. The maximum absolute atomic E-state index is 12.0. The fraction of sp³-hybridized carbons (Fsp3) is 0.611. The van der Waals surface area contributed by atoms with E-state index in [1.165, 1.54) is 0 Å². The van der Waals surface area contributed by atoms with E-state index in [0.717, 1.165) is 43.1 Å². The third kappa shape index (κ3) is 5.78. The first-order valence-electron chi connectivity index (χ1n) is 8.46. The molecule has 6 heteroatoms. The molecule has 134 valence electrons. The van der Waals surface area contributed by atoms with E-state index in [2.05, 4.69) is 5.32 Å². The molecule has 2 rings (SSSR count). The van der Waals surface area contributed by atoms with E-state index in [1.807, 2.05) is 25.1 Å². The molecule has 0 saturated carbocycles. The molecule has 1 heterocycles. The monoisotopic (exact) mass is 336 g/mol. The Morgan fingerprint density at radius 3 is 2.83 bits per heavy atom. The molecular weight excluding hydrogens is 308 g/mol. The Balaban J connectivity index is 1.90. The second-order valence-electron chi connectivity index (χ2n) is 6.19. The Morgan fingerprint density at radius 1 is 1.42 bits per heavy atom. The number of carbonyl (C=O) groups is 1. The molecule has 1 aliphatic rings. The standard InChI is InChI=1S/C18H28N2O4/c1-13-3-4-15(20-18(21)10-16(11-19)22-2)9-17(13)24-12-14-5-7-23-8-6-14/h3-4,9,14,16H,5-8,10-12,19H2,1-2H3,(H,20,21). The van der Waals surface area contributed by atoms with Crippen molar-refractivity contribution < 1.29 is 19.0 Å². The molecule has 1 saturated heterocycles. The lowest BCUT2D eigenvalue weighted by molar-refractivity contribution is -0.118. The van der Waals surface area contributed by atoms with Gasteiger partial charge in [0.25, 0.3) is 0 Å². The highest BCUT2D eigenvalue weighted by Gasteiger charge is 2.16. The molecule has 3 N–H and O–H groups in total. The minimum Gasteiger partial charge on any atom is -0.493 e. The molecule has 1 aromatic rings. The zero-order valence-electron chi connectivity index (χ0n) is 14.5. The zero-order chi connectivity index (χ0) is 17.4. The van der Waals surface area contributed by atoms with Crippen LogP contribution in [0.2, 0.25) is 0 Å². The molecule has 24 heavy (non-hydrogen) atoms. The van der Waals surface area contributed by atoms with Gasteiger partial charge in [-0.1, -0.05) is 6.07 Å². The van der Waals surface area contributed by atoms with Crippen LogP contribution >= 0.6 is 0 Å². The van der Waals surface area contributed by atoms with Crippen molar-refractivity contribution in [2.24, 2.45) is 11.7 Å². The molecule has 1 amide bonds. The van der Waals surface area contributed by atoms with Gasteiger partial charge in [0, 0.05) is 38.6 Å². The van der Waals surface area contributed by atoms with Gasteiger partial charge in [-0.05, 0) is 37.3 Å². The Labute approximate surface area is 143 Å². The van der Waals surface area contributed by atoms with E-state index in [1.54, 1.807) is 7.11 Å². The van der Waals surface area contributed by atoms with Crippen LogP contribution in [0.3, 0.4) is 0 Å². The Hall–Kier alpha value is -1.63. The van der Waals surface area contributed by atoms with E-state index in [4.69, 9.17) is 19.9 Å². The summed E-state index contributed by atoms with van der Waals surface area (Å²) in [5.41, 5.74) is 7.32. The molecule has 0 spiro atoms. The van der Waals surface area contributed by atoms with Crippen LogP contribution in [0.5, 0.6) is 5.75 Å². The van der Waals surface area contributed by atoms with E-state index in [9.17, 15) is 4.79 Å². The zero-order valence-corrected chi connectivity index (χ0v) is 14.5. The third-order valence-corrected chi connectivity index (χ3v) is 4.30. The van der Waals surface area contributed by atoms with Gasteiger partial charge in [-0.15, -0.1) is 0 Å². The largest absolute Gasteiger partial charge is 0.493 e. The van der Waals surface area contributed by atoms with Crippen molar-refractivity contribution in [3.05, 3.63) is 23.8 Å². The first-order chi connectivity index (χ1) is 11.6. The molecular formula is C18H28N2O4. The highest BCUT2D eigenvalue weighted by atomic mass is 16.5. The fourth-order valence-electron chi connectivity index (χ4n) is 2.64. The minimum absolute atomic E-state index is 0.119. The van der Waals surface area contributed by atoms with Crippen LogP contribution < -0.4 is 15.8 Å². The van der Waals surface area contributed by atoms with Crippen molar-refractivity contribution in [2.45, 2.75) is 32.3 Å². The summed E-state index contributed by atoms with van der Waals surface area (Å²) in [6.45, 7) is 4.62. The van der Waals surface area contributed by atoms with Crippen LogP contribution in [0.15, 0.2) is 18.2 Å². The van der Waals surface area contributed by atoms with E-state index >= 15 is 0 Å². The first-order valence-corrected chi connectivity index (χ1v) is 8.46. The van der Waals surface area contributed by atoms with Crippen LogP contribution in [0.4, 0.5) is 5.69 Å². The molecule has 6 nitrogen and oxygen atoms in total. The van der Waals surface area contributed by atoms with E-state index in [0.29, 0.717) is 19.1 Å². The molecule has 1 fully saturated rings. The maximum Gasteiger partial charge on any atom is 0.227 e. The minimum atomic E-state index is -0.264. The summed E-state index contributed by atoms with van der Waals surface area (Å²) in [4.78, 5) is 12.0. The molecule has 1 aliphatic heterocycles. The lowest BCUT2D eigenvalue weighted by Crippen LogP contribution is -2.28. The number of carbonyl (C=O) groups excluding carboxylic acids is 1. The second kappa shape index (κ2) is 9.61. The number of nitrogens with one attached hydrogen (secondary N) is 1. The van der Waals surface area contributed by atoms with Crippen LogP contribution in [0.25, 0.3) is 0 Å². The molecule has 0 aromatic heterocycles. The average Bonchev–Trinajstić information content (AvgIpc) is 2.61. The van der Waals surface area contributed by atoms with Crippen LogP contribution in [0.1, 0.15) is 24.8 Å². The summed E-state index contributed by atoms with van der Waals surface area (Å²) in [6.07, 6.45) is 2.04. The summed E-state index contributed by atoms with van der Waals surface area (Å²) in [7, 11) is 1.55. The van der Waals surface area contributed by atoms with Gasteiger partial charge in [-0.2, -0.15) is 0 Å². The van der Waals surface area contributed by atoms with Gasteiger partial charge in [0.2, 0.25) is 5.91 Å². The van der Waals surface area contributed by atoms with Crippen LogP contribution in [-0.4, -0.2) is 45.5 Å². The number of methoxy groups -OCH3 is 1. The smallest absolute Gasteiger partial charge is 0.227 e. The van der Waals surface area contributed by atoms with Crippen molar-refractivity contribution in [3.63, 3.8) is 0 Å². The SMILES string of the molecule is COC(CN)CC(=O)Nc1ccc(C)c(OCC2CCOCC2)c1. The van der Waals surface area contributed by atoms with Crippen LogP contribution in [0, 0.1) is 12.8 Å². The van der Waals surface area contributed by atoms with E-state index in [-0.39, 0.29) is 18.4 Å². The lowest BCUT2D eigenvalue weighted by Gasteiger charge is -2.22. The van der Waals surface area contributed by atoms with Gasteiger partial charge in [0.1, 0.15) is 5.75 Å². The summed E-state index contributed by atoms with van der Waals surface area (Å²) in [5.74, 6) is 1.22. The number of hydrogen-bond donors (Lipinski definition) is 2.